The summed E-state index contributed by atoms with van der Waals surface area (Å²) in [6.45, 7) is 0. The predicted octanol–water partition coefficient (Wildman–Crippen LogP) is 3.91. The van der Waals surface area contributed by atoms with Crippen molar-refractivity contribution in [2.75, 3.05) is 24.9 Å². The van der Waals surface area contributed by atoms with Crippen LogP contribution < -0.4 is 20.1 Å². The maximum atomic E-state index is 12.0. The van der Waals surface area contributed by atoms with Gasteiger partial charge in [0, 0.05) is 23.5 Å². The molecule has 0 saturated heterocycles. The van der Waals surface area contributed by atoms with Gasteiger partial charge in [0.2, 0.25) is 0 Å². The molecule has 2 N–H and O–H groups in total. The van der Waals surface area contributed by atoms with Gasteiger partial charge in [-0.05, 0) is 24.3 Å². The number of methoxy groups -OCH3 is 2. The zero-order valence-electron chi connectivity index (χ0n) is 12.8. The van der Waals surface area contributed by atoms with E-state index < -0.39 is 11.0 Å². The number of rotatable bonds is 5. The van der Waals surface area contributed by atoms with Gasteiger partial charge in [0.1, 0.15) is 5.02 Å². The quantitative estimate of drug-likeness (QED) is 0.628. The number of urea groups is 1. The molecule has 8 nitrogen and oxygen atoms in total. The lowest BCUT2D eigenvalue weighted by Gasteiger charge is -2.11. The van der Waals surface area contributed by atoms with Gasteiger partial charge in [-0.3, -0.25) is 10.1 Å². The Bertz CT molecular complexity index is 782. The van der Waals surface area contributed by atoms with Gasteiger partial charge >= 0.3 is 6.03 Å². The van der Waals surface area contributed by atoms with Crippen LogP contribution in [0.3, 0.4) is 0 Å². The van der Waals surface area contributed by atoms with Crippen LogP contribution in [0.1, 0.15) is 0 Å². The predicted molar refractivity (Wildman–Crippen MR) is 90.3 cm³/mol. The number of amides is 2. The molecular formula is C15H14ClN3O5. The molecule has 126 valence electrons. The molecule has 24 heavy (non-hydrogen) atoms. The second-order valence-corrected chi connectivity index (χ2v) is 4.98. The van der Waals surface area contributed by atoms with Gasteiger partial charge in [0.15, 0.2) is 11.5 Å². The third-order valence-corrected chi connectivity index (χ3v) is 3.36. The molecule has 0 aliphatic heterocycles. The monoisotopic (exact) mass is 351 g/mol. The first-order chi connectivity index (χ1) is 11.4. The minimum absolute atomic E-state index is 0.00847. The summed E-state index contributed by atoms with van der Waals surface area (Å²) in [5.74, 6) is 0.981. The van der Waals surface area contributed by atoms with Crippen LogP contribution in [-0.4, -0.2) is 25.2 Å². The standard InChI is InChI=1S/C15H14ClN3O5/c1-23-13-6-4-10(8-14(13)24-2)18-15(20)17-9-3-5-11(16)12(7-9)19(21)22/h3-8H,1-2H3,(H2,17,18,20). The van der Waals surface area contributed by atoms with Crippen molar-refractivity contribution in [3.05, 3.63) is 51.5 Å². The lowest BCUT2D eigenvalue weighted by Crippen LogP contribution is -2.19. The molecule has 0 spiro atoms. The zero-order chi connectivity index (χ0) is 17.7. The van der Waals surface area contributed by atoms with E-state index in [2.05, 4.69) is 10.6 Å². The molecular weight excluding hydrogens is 338 g/mol. The smallest absolute Gasteiger partial charge is 0.323 e. The summed E-state index contributed by atoms with van der Waals surface area (Å²) in [6, 6.07) is 8.26. The molecule has 0 fully saturated rings. The van der Waals surface area contributed by atoms with Crippen LogP contribution in [0.4, 0.5) is 21.9 Å². The minimum atomic E-state index is -0.625. The molecule has 0 saturated carbocycles. The highest BCUT2D eigenvalue weighted by Gasteiger charge is 2.14. The minimum Gasteiger partial charge on any atom is -0.493 e. The van der Waals surface area contributed by atoms with Gasteiger partial charge in [0.25, 0.3) is 5.69 Å². The Balaban J connectivity index is 2.11. The molecule has 0 heterocycles. The van der Waals surface area contributed by atoms with Crippen LogP contribution in [0.2, 0.25) is 5.02 Å². The van der Waals surface area contributed by atoms with Crippen molar-refractivity contribution < 1.29 is 19.2 Å². The Morgan fingerprint density at radius 1 is 1.04 bits per heavy atom. The Labute approximate surface area is 142 Å². The first kappa shape index (κ1) is 17.4. The van der Waals surface area contributed by atoms with E-state index >= 15 is 0 Å². The molecule has 2 rings (SSSR count). The summed E-state index contributed by atoms with van der Waals surface area (Å²) in [4.78, 5) is 22.2. The van der Waals surface area contributed by atoms with Gasteiger partial charge in [-0.25, -0.2) is 4.79 Å². The van der Waals surface area contributed by atoms with E-state index in [9.17, 15) is 14.9 Å². The van der Waals surface area contributed by atoms with E-state index in [0.717, 1.165) is 0 Å². The number of hydrogen-bond donors (Lipinski definition) is 2. The first-order valence-electron chi connectivity index (χ1n) is 6.68. The van der Waals surface area contributed by atoms with Crippen molar-refractivity contribution in [3.8, 4) is 11.5 Å². The molecule has 9 heteroatoms. The van der Waals surface area contributed by atoms with Gasteiger partial charge in [-0.2, -0.15) is 0 Å². The lowest BCUT2D eigenvalue weighted by molar-refractivity contribution is -0.384. The van der Waals surface area contributed by atoms with Crippen molar-refractivity contribution >= 4 is 34.7 Å². The maximum absolute atomic E-state index is 12.0. The number of carbonyl (C=O) groups is 1. The Kier molecular flexibility index (Phi) is 5.43. The third-order valence-electron chi connectivity index (χ3n) is 3.04. The molecule has 2 aromatic carbocycles. The first-order valence-corrected chi connectivity index (χ1v) is 7.06. The van der Waals surface area contributed by atoms with Crippen LogP contribution in [0.15, 0.2) is 36.4 Å². The molecule has 0 radical (unpaired) electrons. The van der Waals surface area contributed by atoms with Crippen molar-refractivity contribution in [3.63, 3.8) is 0 Å². The number of halogens is 1. The van der Waals surface area contributed by atoms with Gasteiger partial charge in [-0.1, -0.05) is 11.6 Å². The molecule has 0 bridgehead atoms. The van der Waals surface area contributed by atoms with Crippen molar-refractivity contribution in [2.24, 2.45) is 0 Å². The van der Waals surface area contributed by atoms with E-state index in [1.54, 1.807) is 18.2 Å². The van der Waals surface area contributed by atoms with Crippen molar-refractivity contribution in [1.29, 1.82) is 0 Å². The number of nitro groups is 1. The molecule has 0 unspecified atom stereocenters. The highest BCUT2D eigenvalue weighted by Crippen LogP contribution is 2.30. The molecule has 2 amide bonds. The maximum Gasteiger partial charge on any atom is 0.323 e. The summed E-state index contributed by atoms with van der Waals surface area (Å²) in [6.07, 6.45) is 0. The molecule has 0 aromatic heterocycles. The molecule has 0 atom stereocenters. The van der Waals surface area contributed by atoms with Crippen LogP contribution in [-0.2, 0) is 0 Å². The Morgan fingerprint density at radius 3 is 2.21 bits per heavy atom. The summed E-state index contributed by atoms with van der Waals surface area (Å²) in [7, 11) is 2.99. The highest BCUT2D eigenvalue weighted by atomic mass is 35.5. The third kappa shape index (κ3) is 4.05. The van der Waals surface area contributed by atoms with Crippen LogP contribution in [0.5, 0.6) is 11.5 Å². The second-order valence-electron chi connectivity index (χ2n) is 4.57. The highest BCUT2D eigenvalue weighted by molar-refractivity contribution is 6.32. The number of carbonyl (C=O) groups excluding carboxylic acids is 1. The summed E-state index contributed by atoms with van der Waals surface area (Å²) in [5, 5.41) is 15.9. The van der Waals surface area contributed by atoms with Crippen molar-refractivity contribution in [2.45, 2.75) is 0 Å². The van der Waals surface area contributed by atoms with Gasteiger partial charge in [-0.15, -0.1) is 0 Å². The molecule has 2 aromatic rings. The van der Waals surface area contributed by atoms with E-state index in [1.165, 1.54) is 32.4 Å². The fourth-order valence-electron chi connectivity index (χ4n) is 1.94. The number of hydrogen-bond acceptors (Lipinski definition) is 5. The van der Waals surface area contributed by atoms with Crippen LogP contribution in [0, 0.1) is 10.1 Å². The van der Waals surface area contributed by atoms with Gasteiger partial charge in [0.05, 0.1) is 19.1 Å². The van der Waals surface area contributed by atoms with Crippen molar-refractivity contribution in [1.82, 2.24) is 0 Å². The average molecular weight is 352 g/mol. The summed E-state index contributed by atoms with van der Waals surface area (Å²) in [5.41, 5.74) is 0.415. The summed E-state index contributed by atoms with van der Waals surface area (Å²) >= 11 is 5.72. The largest absolute Gasteiger partial charge is 0.493 e. The fraction of sp³-hybridized carbons (Fsp3) is 0.133. The van der Waals surface area contributed by atoms with Crippen LogP contribution >= 0.6 is 11.6 Å². The van der Waals surface area contributed by atoms with E-state index in [0.29, 0.717) is 17.2 Å². The number of anilines is 2. The second kappa shape index (κ2) is 7.51. The van der Waals surface area contributed by atoms with Gasteiger partial charge < -0.3 is 20.1 Å². The van der Waals surface area contributed by atoms with E-state index in [-0.39, 0.29) is 16.4 Å². The number of nitrogens with one attached hydrogen (secondary N) is 2. The number of nitro benzene ring substituents is 1. The average Bonchev–Trinajstić information content (AvgIpc) is 2.56. The van der Waals surface area contributed by atoms with Crippen LogP contribution in [0.25, 0.3) is 0 Å². The Morgan fingerprint density at radius 2 is 1.62 bits per heavy atom. The lowest BCUT2D eigenvalue weighted by atomic mass is 10.2. The zero-order valence-corrected chi connectivity index (χ0v) is 13.6. The topological polar surface area (TPSA) is 103 Å². The normalized spacial score (nSPS) is 9.96. The fourth-order valence-corrected chi connectivity index (χ4v) is 2.12. The molecule has 0 aliphatic carbocycles. The number of ether oxygens (including phenoxy) is 2. The van der Waals surface area contributed by atoms with E-state index in [1.807, 2.05) is 0 Å². The summed E-state index contributed by atoms with van der Waals surface area (Å²) < 4.78 is 10.3. The SMILES string of the molecule is COc1ccc(NC(=O)Nc2ccc(Cl)c([N+](=O)[O-])c2)cc1OC. The number of benzene rings is 2. The molecule has 0 aliphatic rings. The number of nitrogens with zero attached hydrogens (tertiary/aromatic N) is 1. The Hall–Kier alpha value is -3.00. The van der Waals surface area contributed by atoms with E-state index in [4.69, 9.17) is 21.1 Å².